The molecule has 3 heterocycles. The van der Waals surface area contributed by atoms with Gasteiger partial charge in [0.2, 0.25) is 0 Å². The zero-order valence-electron chi connectivity index (χ0n) is 16.8. The number of halogens is 1. The van der Waals surface area contributed by atoms with Gasteiger partial charge < -0.3 is 9.72 Å². The molecular weight excluding hydrogens is 420 g/mol. The van der Waals surface area contributed by atoms with Gasteiger partial charge in [0.05, 0.1) is 21.3 Å². The Labute approximate surface area is 182 Å². The standard InChI is InChI=1S/C23H25ClN2O3S/c1-30(27,28)23-8-5-17(15-19(23)24)18(14-16-9-12-29-13-10-16)20-6-7-22(26-20)21-4-2-3-11-25-21/h2-8,11,15-16,18,26H,9-10,12-14H2,1H3. The molecule has 0 amide bonds. The lowest BCUT2D eigenvalue weighted by molar-refractivity contribution is 0.0626. The molecule has 3 aromatic rings. The van der Waals surface area contributed by atoms with Gasteiger partial charge in [-0.25, -0.2) is 8.42 Å². The molecule has 0 saturated carbocycles. The number of sulfone groups is 1. The summed E-state index contributed by atoms with van der Waals surface area (Å²) in [6.45, 7) is 1.57. The number of aromatic amines is 1. The third kappa shape index (κ3) is 4.77. The smallest absolute Gasteiger partial charge is 0.176 e. The summed E-state index contributed by atoms with van der Waals surface area (Å²) in [7, 11) is -3.36. The number of aromatic nitrogens is 2. The molecule has 1 aliphatic heterocycles. The second kappa shape index (κ2) is 8.92. The van der Waals surface area contributed by atoms with Gasteiger partial charge in [-0.2, -0.15) is 0 Å². The zero-order valence-corrected chi connectivity index (χ0v) is 18.4. The average molecular weight is 445 g/mol. The highest BCUT2D eigenvalue weighted by atomic mass is 35.5. The normalized spacial score (nSPS) is 16.5. The van der Waals surface area contributed by atoms with Crippen LogP contribution in [0.4, 0.5) is 0 Å². The van der Waals surface area contributed by atoms with Crippen LogP contribution in [-0.2, 0) is 14.6 Å². The molecule has 1 N–H and O–H groups in total. The number of hydrogen-bond acceptors (Lipinski definition) is 4. The molecule has 1 unspecified atom stereocenters. The summed E-state index contributed by atoms with van der Waals surface area (Å²) < 4.78 is 29.5. The van der Waals surface area contributed by atoms with E-state index in [2.05, 4.69) is 16.0 Å². The lowest BCUT2D eigenvalue weighted by Crippen LogP contribution is -2.19. The van der Waals surface area contributed by atoms with E-state index in [1.165, 1.54) is 6.26 Å². The van der Waals surface area contributed by atoms with E-state index in [-0.39, 0.29) is 15.8 Å². The number of ether oxygens (including phenoxy) is 1. The van der Waals surface area contributed by atoms with Crippen LogP contribution in [0.25, 0.3) is 11.4 Å². The number of nitrogens with zero attached hydrogens (tertiary/aromatic N) is 1. The van der Waals surface area contributed by atoms with Crippen molar-refractivity contribution in [2.24, 2.45) is 5.92 Å². The fourth-order valence-electron chi connectivity index (χ4n) is 4.08. The van der Waals surface area contributed by atoms with E-state index in [9.17, 15) is 8.42 Å². The van der Waals surface area contributed by atoms with Crippen LogP contribution in [-0.4, -0.2) is 37.9 Å². The molecule has 1 atom stereocenters. The molecule has 1 aromatic carbocycles. The summed E-state index contributed by atoms with van der Waals surface area (Å²) >= 11 is 6.37. The molecule has 4 rings (SSSR count). The molecule has 2 aromatic heterocycles. The quantitative estimate of drug-likeness (QED) is 0.575. The van der Waals surface area contributed by atoms with Crippen molar-refractivity contribution < 1.29 is 13.2 Å². The number of rotatable bonds is 6. The van der Waals surface area contributed by atoms with Crippen molar-refractivity contribution in [2.45, 2.75) is 30.1 Å². The van der Waals surface area contributed by atoms with Crippen LogP contribution in [0.1, 0.15) is 36.4 Å². The lowest BCUT2D eigenvalue weighted by Gasteiger charge is -2.27. The lowest BCUT2D eigenvalue weighted by atomic mass is 9.83. The SMILES string of the molecule is CS(=O)(=O)c1ccc(C(CC2CCOCC2)c2ccc(-c3ccccn3)[nH]2)cc1Cl. The zero-order chi connectivity index (χ0) is 21.1. The van der Waals surface area contributed by atoms with Gasteiger partial charge in [0.15, 0.2) is 9.84 Å². The highest BCUT2D eigenvalue weighted by molar-refractivity contribution is 7.90. The third-order valence-electron chi connectivity index (χ3n) is 5.69. The van der Waals surface area contributed by atoms with Crippen LogP contribution in [0.15, 0.2) is 59.6 Å². The number of nitrogens with one attached hydrogen (secondary N) is 1. The number of H-pyrrole nitrogens is 1. The summed E-state index contributed by atoms with van der Waals surface area (Å²) in [6, 6.07) is 15.3. The Hall–Kier alpha value is -2.15. The third-order valence-corrected chi connectivity index (χ3v) is 7.27. The van der Waals surface area contributed by atoms with Crippen molar-refractivity contribution in [2.75, 3.05) is 19.5 Å². The minimum atomic E-state index is -3.36. The molecule has 30 heavy (non-hydrogen) atoms. The molecule has 0 aliphatic carbocycles. The fourth-order valence-corrected chi connectivity index (χ4v) is 5.42. The van der Waals surface area contributed by atoms with Crippen molar-refractivity contribution >= 4 is 21.4 Å². The Morgan fingerprint density at radius 2 is 1.97 bits per heavy atom. The molecule has 158 valence electrons. The Morgan fingerprint density at radius 1 is 1.17 bits per heavy atom. The van der Waals surface area contributed by atoms with Crippen molar-refractivity contribution in [1.29, 1.82) is 0 Å². The number of pyridine rings is 1. The minimum absolute atomic E-state index is 0.0803. The highest BCUT2D eigenvalue weighted by Crippen LogP contribution is 2.37. The first kappa shape index (κ1) is 21.1. The Balaban J connectivity index is 1.70. The van der Waals surface area contributed by atoms with Gasteiger partial charge in [0.1, 0.15) is 0 Å². The van der Waals surface area contributed by atoms with Crippen molar-refractivity contribution in [3.05, 3.63) is 71.0 Å². The van der Waals surface area contributed by atoms with Gasteiger partial charge in [-0.1, -0.05) is 23.7 Å². The average Bonchev–Trinajstić information content (AvgIpc) is 3.22. The first-order valence-electron chi connectivity index (χ1n) is 10.1. The fraction of sp³-hybridized carbons (Fsp3) is 0.348. The van der Waals surface area contributed by atoms with Crippen molar-refractivity contribution in [3.63, 3.8) is 0 Å². The summed E-state index contributed by atoms with van der Waals surface area (Å²) in [5, 5.41) is 0.267. The van der Waals surface area contributed by atoms with Crippen molar-refractivity contribution in [3.8, 4) is 11.4 Å². The van der Waals surface area contributed by atoms with Crippen LogP contribution in [0, 0.1) is 5.92 Å². The minimum Gasteiger partial charge on any atom is -0.381 e. The maximum absolute atomic E-state index is 12.0. The van der Waals surface area contributed by atoms with Gasteiger partial charge in [0, 0.05) is 37.3 Å². The van der Waals surface area contributed by atoms with E-state index in [0.717, 1.165) is 55.1 Å². The van der Waals surface area contributed by atoms with Gasteiger partial charge in [-0.05, 0) is 67.1 Å². The van der Waals surface area contributed by atoms with E-state index in [1.54, 1.807) is 18.3 Å². The summed E-state index contributed by atoms with van der Waals surface area (Å²) in [5.41, 5.74) is 3.93. The van der Waals surface area contributed by atoms with Crippen LogP contribution in [0.5, 0.6) is 0 Å². The molecule has 1 aliphatic rings. The van der Waals surface area contributed by atoms with E-state index in [1.807, 2.05) is 30.3 Å². The van der Waals surface area contributed by atoms with Gasteiger partial charge in [-0.3, -0.25) is 4.98 Å². The molecule has 0 spiro atoms. The number of hydrogen-bond donors (Lipinski definition) is 1. The monoisotopic (exact) mass is 444 g/mol. The van der Waals surface area contributed by atoms with E-state index < -0.39 is 9.84 Å². The maximum Gasteiger partial charge on any atom is 0.176 e. The van der Waals surface area contributed by atoms with Crippen LogP contribution in [0.3, 0.4) is 0 Å². The Kier molecular flexibility index (Phi) is 6.27. The van der Waals surface area contributed by atoms with Crippen LogP contribution >= 0.6 is 11.6 Å². The summed E-state index contributed by atoms with van der Waals surface area (Å²) in [4.78, 5) is 8.12. The molecule has 7 heteroatoms. The first-order valence-corrected chi connectivity index (χ1v) is 12.4. The van der Waals surface area contributed by atoms with Crippen LogP contribution in [0.2, 0.25) is 5.02 Å². The molecule has 0 radical (unpaired) electrons. The second-order valence-corrected chi connectivity index (χ2v) is 10.2. The summed E-state index contributed by atoms with van der Waals surface area (Å²) in [6.07, 6.45) is 5.95. The highest BCUT2D eigenvalue weighted by Gasteiger charge is 2.25. The molecule has 0 bridgehead atoms. The van der Waals surface area contributed by atoms with Gasteiger partial charge >= 0.3 is 0 Å². The molecule has 1 fully saturated rings. The van der Waals surface area contributed by atoms with E-state index in [0.29, 0.717) is 5.92 Å². The maximum atomic E-state index is 12.0. The van der Waals surface area contributed by atoms with E-state index >= 15 is 0 Å². The number of benzene rings is 1. The predicted molar refractivity (Wildman–Crippen MR) is 119 cm³/mol. The largest absolute Gasteiger partial charge is 0.381 e. The van der Waals surface area contributed by atoms with Gasteiger partial charge in [0.25, 0.3) is 0 Å². The second-order valence-electron chi connectivity index (χ2n) is 7.85. The topological polar surface area (TPSA) is 72.1 Å². The van der Waals surface area contributed by atoms with Crippen molar-refractivity contribution in [1.82, 2.24) is 9.97 Å². The predicted octanol–water partition coefficient (Wildman–Crippen LogP) is 5.08. The molecule has 1 saturated heterocycles. The molecule has 5 nitrogen and oxygen atoms in total. The molecular formula is C23H25ClN2O3S. The van der Waals surface area contributed by atoms with Gasteiger partial charge in [-0.15, -0.1) is 0 Å². The Bertz CT molecular complexity index is 1110. The Morgan fingerprint density at radius 3 is 2.63 bits per heavy atom. The van der Waals surface area contributed by atoms with Crippen LogP contribution < -0.4 is 0 Å². The first-order chi connectivity index (χ1) is 14.4. The summed E-state index contributed by atoms with van der Waals surface area (Å²) in [5.74, 6) is 0.621. The van der Waals surface area contributed by atoms with E-state index in [4.69, 9.17) is 16.3 Å².